The molecule has 0 fully saturated rings. The molecule has 0 atom stereocenters. The first kappa shape index (κ1) is 25.7. The molecule has 0 aliphatic heterocycles. The molecule has 29 heavy (non-hydrogen) atoms. The minimum absolute atomic E-state index is 0.127. The molecule has 1 N–H and O–H groups in total. The lowest BCUT2D eigenvalue weighted by atomic mass is 10.0. The van der Waals surface area contributed by atoms with Crippen molar-refractivity contribution in [3.05, 3.63) is 23.6 Å². The fourth-order valence-electron chi connectivity index (χ4n) is 3.32. The van der Waals surface area contributed by atoms with E-state index in [0.29, 0.717) is 11.9 Å². The van der Waals surface area contributed by atoms with Crippen molar-refractivity contribution in [2.45, 2.75) is 104 Å². The third-order valence-corrected chi connectivity index (χ3v) is 6.40. The van der Waals surface area contributed by atoms with Crippen LogP contribution >= 0.6 is 0 Å². The Morgan fingerprint density at radius 2 is 1.38 bits per heavy atom. The average Bonchev–Trinajstić information content (AvgIpc) is 2.69. The summed E-state index contributed by atoms with van der Waals surface area (Å²) in [5, 5.41) is 4.01. The summed E-state index contributed by atoms with van der Waals surface area (Å²) in [6.07, 6.45) is 19.2. The van der Waals surface area contributed by atoms with E-state index in [4.69, 9.17) is 0 Å². The van der Waals surface area contributed by atoms with Crippen molar-refractivity contribution in [2.24, 2.45) is 12.1 Å². The number of aryl methyl sites for hydroxylation is 2. The van der Waals surface area contributed by atoms with Crippen molar-refractivity contribution in [2.75, 3.05) is 5.75 Å². The molecule has 1 heterocycles. The molecule has 6 nitrogen and oxygen atoms in total. The molecule has 1 aromatic heterocycles. The molecule has 0 saturated carbocycles. The van der Waals surface area contributed by atoms with Crippen LogP contribution in [0.25, 0.3) is 0 Å². The first-order chi connectivity index (χ1) is 13.9. The molecular weight excluding hydrogens is 384 g/mol. The maximum absolute atomic E-state index is 12.1. The fourth-order valence-corrected chi connectivity index (χ4v) is 4.23. The minimum Gasteiger partial charge on any atom is -0.319 e. The standard InChI is InChI=1S/C22H42N4O2S/c1-4-5-6-7-8-9-10-11-12-13-14-15-16-17-18-29(27,28)25-24-22-19-21(2)23-20-26(22)3/h19-20,25H,4-18H2,1-3H3/b24-22+. The van der Waals surface area contributed by atoms with Gasteiger partial charge < -0.3 is 4.57 Å². The van der Waals surface area contributed by atoms with E-state index in [1.807, 2.05) is 6.92 Å². The first-order valence-corrected chi connectivity index (χ1v) is 13.1. The van der Waals surface area contributed by atoms with Gasteiger partial charge in [0.25, 0.3) is 0 Å². The van der Waals surface area contributed by atoms with Gasteiger partial charge in [-0.25, -0.2) is 18.2 Å². The van der Waals surface area contributed by atoms with Gasteiger partial charge in [-0.15, -0.1) is 5.10 Å². The number of hydrogen-bond donors (Lipinski definition) is 1. The highest BCUT2D eigenvalue weighted by Crippen LogP contribution is 2.13. The Balaban J connectivity index is 2.03. The lowest BCUT2D eigenvalue weighted by Gasteiger charge is -2.05. The molecule has 0 amide bonds. The normalized spacial score (nSPS) is 12.4. The van der Waals surface area contributed by atoms with Gasteiger partial charge in [-0.1, -0.05) is 90.4 Å². The Hall–Kier alpha value is -1.37. The van der Waals surface area contributed by atoms with Crippen LogP contribution in [-0.4, -0.2) is 23.7 Å². The highest BCUT2D eigenvalue weighted by Gasteiger charge is 2.08. The van der Waals surface area contributed by atoms with Gasteiger partial charge in [0.2, 0.25) is 10.0 Å². The molecule has 1 rings (SSSR count). The summed E-state index contributed by atoms with van der Waals surface area (Å²) < 4.78 is 25.9. The van der Waals surface area contributed by atoms with E-state index in [-0.39, 0.29) is 5.75 Å². The van der Waals surface area contributed by atoms with Crippen molar-refractivity contribution < 1.29 is 8.42 Å². The summed E-state index contributed by atoms with van der Waals surface area (Å²) >= 11 is 0. The van der Waals surface area contributed by atoms with E-state index in [1.54, 1.807) is 24.0 Å². The molecule has 7 heteroatoms. The second kappa shape index (κ2) is 15.5. The Bertz CT molecular complexity index is 714. The predicted octanol–water partition coefficient (Wildman–Crippen LogP) is 4.94. The third kappa shape index (κ3) is 13.5. The number of aromatic nitrogens is 2. The van der Waals surface area contributed by atoms with Gasteiger partial charge in [0, 0.05) is 18.8 Å². The number of sulfonamides is 1. The van der Waals surface area contributed by atoms with E-state index in [0.717, 1.165) is 18.5 Å². The number of hydrogen-bond acceptors (Lipinski definition) is 4. The molecule has 0 saturated heterocycles. The minimum atomic E-state index is -3.38. The maximum atomic E-state index is 12.1. The molecule has 0 aliphatic rings. The zero-order chi connectivity index (χ0) is 21.4. The fraction of sp³-hybridized carbons (Fsp3) is 0.818. The predicted molar refractivity (Wildman–Crippen MR) is 121 cm³/mol. The van der Waals surface area contributed by atoms with Gasteiger partial charge in [0.05, 0.1) is 12.1 Å². The number of nitrogens with zero attached hydrogens (tertiary/aromatic N) is 3. The van der Waals surface area contributed by atoms with Crippen LogP contribution in [-0.2, 0) is 17.1 Å². The quantitative estimate of drug-likeness (QED) is 0.283. The number of unbranched alkanes of at least 4 members (excludes halogenated alkanes) is 13. The summed E-state index contributed by atoms with van der Waals surface area (Å²) in [6, 6.07) is 1.75. The van der Waals surface area contributed by atoms with Crippen LogP contribution in [0.4, 0.5) is 0 Å². The average molecular weight is 427 g/mol. The number of nitrogens with one attached hydrogen (secondary N) is 1. The molecule has 0 aromatic carbocycles. The second-order valence-electron chi connectivity index (χ2n) is 8.12. The summed E-state index contributed by atoms with van der Waals surface area (Å²) in [5.41, 5.74) is 1.34. The lowest BCUT2D eigenvalue weighted by molar-refractivity contribution is 0.536. The topological polar surface area (TPSA) is 76.3 Å². The third-order valence-electron chi connectivity index (χ3n) is 5.20. The smallest absolute Gasteiger partial charge is 0.247 e. The van der Waals surface area contributed by atoms with Crippen LogP contribution in [0.5, 0.6) is 0 Å². The molecule has 0 unspecified atom stereocenters. The molecule has 168 valence electrons. The van der Waals surface area contributed by atoms with E-state index in [2.05, 4.69) is 21.8 Å². The van der Waals surface area contributed by atoms with Gasteiger partial charge in [0.1, 0.15) is 0 Å². The van der Waals surface area contributed by atoms with Crippen molar-refractivity contribution in [3.8, 4) is 0 Å². The van der Waals surface area contributed by atoms with Crippen LogP contribution < -0.4 is 10.3 Å². The van der Waals surface area contributed by atoms with E-state index in [1.165, 1.54) is 70.6 Å². The van der Waals surface area contributed by atoms with E-state index >= 15 is 0 Å². The molecule has 0 bridgehead atoms. The van der Waals surface area contributed by atoms with Crippen LogP contribution in [0.15, 0.2) is 17.5 Å². The van der Waals surface area contributed by atoms with Gasteiger partial charge in [0.15, 0.2) is 5.49 Å². The van der Waals surface area contributed by atoms with Crippen LogP contribution in [0.1, 0.15) is 103 Å². The Morgan fingerprint density at radius 3 is 1.90 bits per heavy atom. The Labute approximate surface area is 178 Å². The molecule has 0 radical (unpaired) electrons. The van der Waals surface area contributed by atoms with E-state index < -0.39 is 10.0 Å². The largest absolute Gasteiger partial charge is 0.319 e. The first-order valence-electron chi connectivity index (χ1n) is 11.5. The molecular formula is C22H42N4O2S. The van der Waals surface area contributed by atoms with Crippen LogP contribution in [0, 0.1) is 6.92 Å². The SMILES string of the molecule is CCCCCCCCCCCCCCCCS(=O)(=O)N/N=c1\cc(C)ncn1C. The monoisotopic (exact) mass is 426 g/mol. The Morgan fingerprint density at radius 1 is 0.897 bits per heavy atom. The molecule has 0 aliphatic carbocycles. The highest BCUT2D eigenvalue weighted by atomic mass is 32.2. The molecule has 1 aromatic rings. The van der Waals surface area contributed by atoms with Crippen molar-refractivity contribution in [1.29, 1.82) is 0 Å². The van der Waals surface area contributed by atoms with Gasteiger partial charge >= 0.3 is 0 Å². The highest BCUT2D eigenvalue weighted by molar-refractivity contribution is 7.89. The summed E-state index contributed by atoms with van der Waals surface area (Å²) in [7, 11) is -1.59. The summed E-state index contributed by atoms with van der Waals surface area (Å²) in [6.45, 7) is 4.11. The zero-order valence-corrected chi connectivity index (χ0v) is 19.6. The maximum Gasteiger partial charge on any atom is 0.247 e. The zero-order valence-electron chi connectivity index (χ0n) is 18.8. The van der Waals surface area contributed by atoms with Gasteiger partial charge in [-0.3, -0.25) is 0 Å². The van der Waals surface area contributed by atoms with E-state index in [9.17, 15) is 8.42 Å². The van der Waals surface area contributed by atoms with Crippen molar-refractivity contribution in [1.82, 2.24) is 14.4 Å². The second-order valence-corrected chi connectivity index (χ2v) is 9.94. The molecule has 0 spiro atoms. The number of rotatable bonds is 17. The summed E-state index contributed by atoms with van der Waals surface area (Å²) in [5.74, 6) is 0.127. The van der Waals surface area contributed by atoms with Crippen LogP contribution in [0.3, 0.4) is 0 Å². The van der Waals surface area contributed by atoms with Gasteiger partial charge in [-0.05, 0) is 13.3 Å². The van der Waals surface area contributed by atoms with Crippen LogP contribution in [0.2, 0.25) is 0 Å². The van der Waals surface area contributed by atoms with Gasteiger partial charge in [-0.2, -0.15) is 0 Å². The Kier molecular flexibility index (Phi) is 13.7. The van der Waals surface area contributed by atoms with Crippen molar-refractivity contribution in [3.63, 3.8) is 0 Å². The van der Waals surface area contributed by atoms with Crippen molar-refractivity contribution >= 4 is 10.0 Å². The lowest BCUT2D eigenvalue weighted by Crippen LogP contribution is -2.28. The summed E-state index contributed by atoms with van der Waals surface area (Å²) in [4.78, 5) is 6.47.